The molecule has 0 aliphatic rings. The fraction of sp³-hybridized carbons (Fsp3) is 0.257. The van der Waals surface area contributed by atoms with Crippen molar-refractivity contribution >= 4 is 11.8 Å². The molecule has 0 bridgehead atoms. The molecule has 0 saturated heterocycles. The SMILES string of the molecule is CC[C@H](C)NC(=O)[C@H](Cc1ccccc1)N(Cc1ccc(F)cc1)C(=O)CC(c1ccccc1)c1ccccc1. The molecule has 0 spiro atoms. The van der Waals surface area contributed by atoms with Crippen molar-refractivity contribution < 1.29 is 14.0 Å². The quantitative estimate of drug-likeness (QED) is 0.214. The predicted octanol–water partition coefficient (Wildman–Crippen LogP) is 6.90. The highest BCUT2D eigenvalue weighted by Gasteiger charge is 2.32. The van der Waals surface area contributed by atoms with Gasteiger partial charge in [0, 0.05) is 31.3 Å². The van der Waals surface area contributed by atoms with Crippen LogP contribution in [-0.2, 0) is 22.6 Å². The van der Waals surface area contributed by atoms with E-state index in [9.17, 15) is 14.0 Å². The summed E-state index contributed by atoms with van der Waals surface area (Å²) in [5.74, 6) is -0.849. The average molecular weight is 537 g/mol. The van der Waals surface area contributed by atoms with Crippen LogP contribution in [0.1, 0.15) is 54.9 Å². The van der Waals surface area contributed by atoms with Gasteiger partial charge in [0.15, 0.2) is 0 Å². The minimum absolute atomic E-state index is 0.0325. The molecule has 206 valence electrons. The second kappa shape index (κ2) is 14.2. The Morgan fingerprint density at radius 2 is 1.27 bits per heavy atom. The molecule has 4 aromatic carbocycles. The molecule has 0 radical (unpaired) electrons. The van der Waals surface area contributed by atoms with Gasteiger partial charge in [0.05, 0.1) is 0 Å². The van der Waals surface area contributed by atoms with E-state index in [0.717, 1.165) is 28.7 Å². The van der Waals surface area contributed by atoms with Gasteiger partial charge < -0.3 is 10.2 Å². The van der Waals surface area contributed by atoms with Gasteiger partial charge in [-0.1, -0.05) is 110 Å². The molecule has 40 heavy (non-hydrogen) atoms. The number of benzene rings is 4. The van der Waals surface area contributed by atoms with Gasteiger partial charge in [-0.3, -0.25) is 9.59 Å². The molecule has 0 saturated carbocycles. The molecule has 0 aromatic heterocycles. The second-order valence-electron chi connectivity index (χ2n) is 10.2. The van der Waals surface area contributed by atoms with Crippen LogP contribution < -0.4 is 5.32 Å². The molecule has 4 nitrogen and oxygen atoms in total. The lowest BCUT2D eigenvalue weighted by atomic mass is 9.87. The first-order valence-electron chi connectivity index (χ1n) is 13.9. The molecular formula is C35H37FN2O2. The molecule has 2 amide bonds. The summed E-state index contributed by atoms with van der Waals surface area (Å²) in [6.07, 6.45) is 1.34. The Hall–Kier alpha value is -4.25. The Labute approximate surface area is 236 Å². The Kier molecular flexibility index (Phi) is 10.2. The third-order valence-electron chi connectivity index (χ3n) is 7.32. The Morgan fingerprint density at radius 1 is 0.750 bits per heavy atom. The van der Waals surface area contributed by atoms with Crippen LogP contribution >= 0.6 is 0 Å². The average Bonchev–Trinajstić information content (AvgIpc) is 2.99. The molecule has 0 fully saturated rings. The van der Waals surface area contributed by atoms with Crippen LogP contribution in [-0.4, -0.2) is 28.8 Å². The lowest BCUT2D eigenvalue weighted by molar-refractivity contribution is -0.141. The third-order valence-corrected chi connectivity index (χ3v) is 7.32. The summed E-state index contributed by atoms with van der Waals surface area (Å²) in [5.41, 5.74) is 3.80. The van der Waals surface area contributed by atoms with Crippen molar-refractivity contribution in [3.63, 3.8) is 0 Å². The number of rotatable bonds is 12. The number of nitrogens with one attached hydrogen (secondary N) is 1. The lowest BCUT2D eigenvalue weighted by Gasteiger charge is -2.33. The summed E-state index contributed by atoms with van der Waals surface area (Å²) >= 11 is 0. The van der Waals surface area contributed by atoms with E-state index < -0.39 is 6.04 Å². The minimum atomic E-state index is -0.735. The van der Waals surface area contributed by atoms with E-state index in [1.54, 1.807) is 17.0 Å². The van der Waals surface area contributed by atoms with Gasteiger partial charge in [-0.25, -0.2) is 4.39 Å². The molecule has 0 aliphatic heterocycles. The van der Waals surface area contributed by atoms with Gasteiger partial charge in [0.2, 0.25) is 11.8 Å². The largest absolute Gasteiger partial charge is 0.352 e. The van der Waals surface area contributed by atoms with Crippen LogP contribution in [0.25, 0.3) is 0 Å². The number of amides is 2. The number of nitrogens with zero attached hydrogens (tertiary/aromatic N) is 1. The second-order valence-corrected chi connectivity index (χ2v) is 10.2. The first kappa shape index (κ1) is 28.8. The Bertz CT molecular complexity index is 1310. The first-order valence-corrected chi connectivity index (χ1v) is 13.9. The van der Waals surface area contributed by atoms with Crippen molar-refractivity contribution in [3.05, 3.63) is 143 Å². The molecule has 4 rings (SSSR count). The lowest BCUT2D eigenvalue weighted by Crippen LogP contribution is -2.52. The van der Waals surface area contributed by atoms with Crippen LogP contribution in [0.3, 0.4) is 0 Å². The zero-order chi connectivity index (χ0) is 28.3. The number of halogens is 1. The molecule has 2 atom stereocenters. The third kappa shape index (κ3) is 7.89. The number of carbonyl (C=O) groups is 2. The maximum absolute atomic E-state index is 14.3. The maximum Gasteiger partial charge on any atom is 0.243 e. The monoisotopic (exact) mass is 536 g/mol. The summed E-state index contributed by atoms with van der Waals surface area (Å²) < 4.78 is 13.7. The number of carbonyl (C=O) groups excluding carboxylic acids is 2. The fourth-order valence-corrected chi connectivity index (χ4v) is 4.87. The molecule has 4 aromatic rings. The predicted molar refractivity (Wildman–Crippen MR) is 158 cm³/mol. The van der Waals surface area contributed by atoms with E-state index in [2.05, 4.69) is 5.32 Å². The molecular weight excluding hydrogens is 499 g/mol. The summed E-state index contributed by atoms with van der Waals surface area (Å²) in [5, 5.41) is 3.10. The van der Waals surface area contributed by atoms with E-state index in [4.69, 9.17) is 0 Å². The number of hydrogen-bond donors (Lipinski definition) is 1. The Balaban J connectivity index is 1.73. The summed E-state index contributed by atoms with van der Waals surface area (Å²) in [7, 11) is 0. The van der Waals surface area contributed by atoms with Crippen molar-refractivity contribution in [1.82, 2.24) is 10.2 Å². The first-order chi connectivity index (χ1) is 19.4. The van der Waals surface area contributed by atoms with Crippen molar-refractivity contribution in [3.8, 4) is 0 Å². The Morgan fingerprint density at radius 3 is 1.80 bits per heavy atom. The topological polar surface area (TPSA) is 49.4 Å². The van der Waals surface area contributed by atoms with Gasteiger partial charge in [-0.15, -0.1) is 0 Å². The van der Waals surface area contributed by atoms with Gasteiger partial charge in [-0.05, 0) is 47.7 Å². The van der Waals surface area contributed by atoms with Gasteiger partial charge in [0.1, 0.15) is 11.9 Å². The van der Waals surface area contributed by atoms with Gasteiger partial charge >= 0.3 is 0 Å². The highest BCUT2D eigenvalue weighted by atomic mass is 19.1. The van der Waals surface area contributed by atoms with Crippen LogP contribution in [0, 0.1) is 5.82 Å². The summed E-state index contributed by atoms with van der Waals surface area (Å²) in [6.45, 7) is 4.17. The van der Waals surface area contributed by atoms with E-state index in [1.165, 1.54) is 12.1 Å². The van der Waals surface area contributed by atoms with Crippen molar-refractivity contribution in [2.75, 3.05) is 0 Å². The van der Waals surface area contributed by atoms with Crippen LogP contribution in [0.5, 0.6) is 0 Å². The summed E-state index contributed by atoms with van der Waals surface area (Å²) in [4.78, 5) is 29.8. The maximum atomic E-state index is 14.3. The standard InChI is InChI=1S/C35H37FN2O2/c1-3-26(2)37-35(40)33(23-27-13-7-4-8-14-27)38(25-28-19-21-31(36)22-20-28)34(39)24-32(29-15-9-5-10-16-29)30-17-11-6-12-18-30/h4-22,26,32-33H,3,23-25H2,1-2H3,(H,37,40)/t26-,33-/m0/s1. The normalized spacial score (nSPS) is 12.5. The van der Waals surface area contributed by atoms with E-state index in [1.807, 2.05) is 105 Å². The van der Waals surface area contributed by atoms with Crippen molar-refractivity contribution in [2.24, 2.45) is 0 Å². The van der Waals surface area contributed by atoms with Crippen molar-refractivity contribution in [2.45, 2.75) is 57.7 Å². The molecule has 0 heterocycles. The van der Waals surface area contributed by atoms with E-state index in [0.29, 0.717) is 6.42 Å². The smallest absolute Gasteiger partial charge is 0.243 e. The summed E-state index contributed by atoms with van der Waals surface area (Å²) in [6, 6.07) is 35.1. The number of hydrogen-bond acceptors (Lipinski definition) is 2. The zero-order valence-corrected chi connectivity index (χ0v) is 23.2. The molecule has 1 N–H and O–H groups in total. The van der Waals surface area contributed by atoms with E-state index >= 15 is 0 Å². The zero-order valence-electron chi connectivity index (χ0n) is 23.2. The molecule has 0 aliphatic carbocycles. The van der Waals surface area contributed by atoms with Crippen LogP contribution in [0.2, 0.25) is 0 Å². The van der Waals surface area contributed by atoms with Gasteiger partial charge in [-0.2, -0.15) is 0 Å². The molecule has 5 heteroatoms. The molecule has 0 unspecified atom stereocenters. The van der Waals surface area contributed by atoms with E-state index in [-0.39, 0.29) is 42.6 Å². The van der Waals surface area contributed by atoms with Crippen molar-refractivity contribution in [1.29, 1.82) is 0 Å². The van der Waals surface area contributed by atoms with Gasteiger partial charge in [0.25, 0.3) is 0 Å². The fourth-order valence-electron chi connectivity index (χ4n) is 4.87. The minimum Gasteiger partial charge on any atom is -0.352 e. The highest BCUT2D eigenvalue weighted by Crippen LogP contribution is 2.30. The van der Waals surface area contributed by atoms with Crippen LogP contribution in [0.4, 0.5) is 4.39 Å². The van der Waals surface area contributed by atoms with Crippen LogP contribution in [0.15, 0.2) is 115 Å². The highest BCUT2D eigenvalue weighted by molar-refractivity contribution is 5.88.